The zero-order valence-electron chi connectivity index (χ0n) is 13.0. The molecule has 1 amide bonds. The first-order chi connectivity index (χ1) is 10.8. The Kier molecular flexibility index (Phi) is 4.52. The number of ether oxygens (including phenoxy) is 3. The number of carbonyl (C=O) groups is 1. The highest BCUT2D eigenvalue weighted by molar-refractivity contribution is 5.88. The molecule has 0 aromatic heterocycles. The fraction of sp³-hybridized carbons (Fsp3) is 0.588. The molecule has 0 bridgehead atoms. The van der Waals surface area contributed by atoms with E-state index in [0.717, 1.165) is 42.7 Å². The molecule has 1 aliphatic carbocycles. The van der Waals surface area contributed by atoms with Crippen molar-refractivity contribution < 1.29 is 19.0 Å². The number of nitrogens with one attached hydrogen (secondary N) is 1. The minimum absolute atomic E-state index is 0.0960. The number of fused-ring (bicyclic) bond motifs is 1. The zero-order chi connectivity index (χ0) is 15.4. The standard InChI is InChI=1S/C17H23NO4/c1-20-9-8-18-16(19)17(6-2-3-7-17)13-4-5-14-15(12-13)22-11-10-21-14/h4-5,12H,2-3,6-11H2,1H3,(H,18,19). The van der Waals surface area contributed by atoms with Gasteiger partial charge in [0.1, 0.15) is 13.2 Å². The molecule has 1 saturated carbocycles. The van der Waals surface area contributed by atoms with Crippen molar-refractivity contribution in [3.8, 4) is 11.5 Å². The van der Waals surface area contributed by atoms with E-state index in [0.29, 0.717) is 26.4 Å². The average molecular weight is 305 g/mol. The van der Waals surface area contributed by atoms with E-state index < -0.39 is 5.41 Å². The minimum atomic E-state index is -0.441. The number of hydrogen-bond acceptors (Lipinski definition) is 4. The third kappa shape index (κ3) is 2.77. The van der Waals surface area contributed by atoms with Crippen molar-refractivity contribution in [3.63, 3.8) is 0 Å². The van der Waals surface area contributed by atoms with E-state index in [1.54, 1.807) is 7.11 Å². The Balaban J connectivity index is 1.85. The highest BCUT2D eigenvalue weighted by Gasteiger charge is 2.43. The molecule has 0 spiro atoms. The summed E-state index contributed by atoms with van der Waals surface area (Å²) in [6, 6.07) is 5.91. The lowest BCUT2D eigenvalue weighted by Crippen LogP contribution is -2.43. The van der Waals surface area contributed by atoms with Gasteiger partial charge in [-0.3, -0.25) is 4.79 Å². The summed E-state index contributed by atoms with van der Waals surface area (Å²) in [6.07, 6.45) is 3.91. The third-order valence-electron chi connectivity index (χ3n) is 4.58. The molecule has 0 unspecified atom stereocenters. The predicted octanol–water partition coefficient (Wildman–Crippen LogP) is 2.03. The van der Waals surface area contributed by atoms with Gasteiger partial charge < -0.3 is 19.5 Å². The minimum Gasteiger partial charge on any atom is -0.486 e. The van der Waals surface area contributed by atoms with E-state index in [1.165, 1.54) is 0 Å². The van der Waals surface area contributed by atoms with Crippen LogP contribution in [0.25, 0.3) is 0 Å². The van der Waals surface area contributed by atoms with Crippen LogP contribution in [0, 0.1) is 0 Å². The van der Waals surface area contributed by atoms with E-state index in [-0.39, 0.29) is 5.91 Å². The summed E-state index contributed by atoms with van der Waals surface area (Å²) < 4.78 is 16.3. The number of hydrogen-bond donors (Lipinski definition) is 1. The summed E-state index contributed by atoms with van der Waals surface area (Å²) >= 11 is 0. The molecule has 120 valence electrons. The number of carbonyl (C=O) groups excluding carboxylic acids is 1. The van der Waals surface area contributed by atoms with E-state index >= 15 is 0 Å². The topological polar surface area (TPSA) is 56.8 Å². The lowest BCUT2D eigenvalue weighted by molar-refractivity contribution is -0.126. The molecule has 1 aromatic rings. The Bertz CT molecular complexity index is 537. The summed E-state index contributed by atoms with van der Waals surface area (Å²) in [5.41, 5.74) is 0.591. The van der Waals surface area contributed by atoms with Crippen LogP contribution in [0.3, 0.4) is 0 Å². The molecule has 22 heavy (non-hydrogen) atoms. The molecule has 3 rings (SSSR count). The normalized spacial score (nSPS) is 19.0. The van der Waals surface area contributed by atoms with Crippen LogP contribution in [0.2, 0.25) is 0 Å². The van der Waals surface area contributed by atoms with Crippen LogP contribution in [-0.2, 0) is 14.9 Å². The van der Waals surface area contributed by atoms with Gasteiger partial charge in [0, 0.05) is 13.7 Å². The maximum atomic E-state index is 12.8. The summed E-state index contributed by atoms with van der Waals surface area (Å²) in [5, 5.41) is 3.01. The molecule has 0 radical (unpaired) electrons. The maximum Gasteiger partial charge on any atom is 0.230 e. The maximum absolute atomic E-state index is 12.8. The van der Waals surface area contributed by atoms with Crippen molar-refractivity contribution in [1.82, 2.24) is 5.32 Å². The first-order valence-corrected chi connectivity index (χ1v) is 7.94. The molecule has 1 aromatic carbocycles. The van der Waals surface area contributed by atoms with Crippen LogP contribution < -0.4 is 14.8 Å². The Morgan fingerprint density at radius 2 is 1.95 bits per heavy atom. The number of methoxy groups -OCH3 is 1. The quantitative estimate of drug-likeness (QED) is 0.846. The van der Waals surface area contributed by atoms with Crippen LogP contribution in [0.1, 0.15) is 31.2 Å². The predicted molar refractivity (Wildman–Crippen MR) is 82.5 cm³/mol. The van der Waals surface area contributed by atoms with E-state index in [4.69, 9.17) is 14.2 Å². The van der Waals surface area contributed by atoms with Gasteiger partial charge in [-0.25, -0.2) is 0 Å². The monoisotopic (exact) mass is 305 g/mol. The summed E-state index contributed by atoms with van der Waals surface area (Å²) in [6.45, 7) is 2.21. The van der Waals surface area contributed by atoms with Gasteiger partial charge in [-0.1, -0.05) is 18.9 Å². The van der Waals surface area contributed by atoms with Crippen molar-refractivity contribution in [2.24, 2.45) is 0 Å². The first kappa shape index (κ1) is 15.2. The average Bonchev–Trinajstić information content (AvgIpc) is 3.05. The molecule has 5 heteroatoms. The van der Waals surface area contributed by atoms with Crippen molar-refractivity contribution in [2.75, 3.05) is 33.5 Å². The third-order valence-corrected chi connectivity index (χ3v) is 4.58. The SMILES string of the molecule is COCCNC(=O)C1(c2ccc3c(c2)OCCO3)CCCC1. The van der Waals surface area contributed by atoms with E-state index in [9.17, 15) is 4.79 Å². The van der Waals surface area contributed by atoms with E-state index in [1.807, 2.05) is 18.2 Å². The summed E-state index contributed by atoms with van der Waals surface area (Å²) in [7, 11) is 1.64. The Morgan fingerprint density at radius 1 is 1.23 bits per heavy atom. The second-order valence-electron chi connectivity index (χ2n) is 5.90. The molecule has 1 fully saturated rings. The second-order valence-corrected chi connectivity index (χ2v) is 5.90. The highest BCUT2D eigenvalue weighted by Crippen LogP contribution is 2.44. The fourth-order valence-electron chi connectivity index (χ4n) is 3.40. The van der Waals surface area contributed by atoms with Crippen LogP contribution in [0.4, 0.5) is 0 Å². The van der Waals surface area contributed by atoms with Crippen LogP contribution in [0.15, 0.2) is 18.2 Å². The van der Waals surface area contributed by atoms with Crippen LogP contribution >= 0.6 is 0 Å². The molecule has 2 aliphatic rings. The zero-order valence-corrected chi connectivity index (χ0v) is 13.0. The first-order valence-electron chi connectivity index (χ1n) is 7.94. The fourth-order valence-corrected chi connectivity index (χ4v) is 3.40. The van der Waals surface area contributed by atoms with Gasteiger partial charge in [0.25, 0.3) is 0 Å². The molecule has 0 atom stereocenters. The van der Waals surface area contributed by atoms with Gasteiger partial charge in [0.05, 0.1) is 12.0 Å². The largest absolute Gasteiger partial charge is 0.486 e. The van der Waals surface area contributed by atoms with Crippen molar-refractivity contribution in [1.29, 1.82) is 0 Å². The van der Waals surface area contributed by atoms with Gasteiger partial charge in [-0.15, -0.1) is 0 Å². The Hall–Kier alpha value is -1.75. The molecule has 1 aliphatic heterocycles. The number of benzene rings is 1. The van der Waals surface area contributed by atoms with Crippen molar-refractivity contribution >= 4 is 5.91 Å². The van der Waals surface area contributed by atoms with Crippen molar-refractivity contribution in [2.45, 2.75) is 31.1 Å². The lowest BCUT2D eigenvalue weighted by atomic mass is 9.77. The van der Waals surface area contributed by atoms with Gasteiger partial charge in [-0.2, -0.15) is 0 Å². The Morgan fingerprint density at radius 3 is 2.68 bits per heavy atom. The summed E-state index contributed by atoms with van der Waals surface area (Å²) in [5.74, 6) is 1.61. The molecule has 0 saturated heterocycles. The molecule has 1 heterocycles. The number of amides is 1. The summed E-state index contributed by atoms with van der Waals surface area (Å²) in [4.78, 5) is 12.8. The lowest BCUT2D eigenvalue weighted by Gasteiger charge is -2.29. The second kappa shape index (κ2) is 6.57. The molecular weight excluding hydrogens is 282 g/mol. The van der Waals surface area contributed by atoms with Crippen molar-refractivity contribution in [3.05, 3.63) is 23.8 Å². The molecule has 1 N–H and O–H groups in total. The van der Waals surface area contributed by atoms with Crippen LogP contribution in [0.5, 0.6) is 11.5 Å². The van der Waals surface area contributed by atoms with Gasteiger partial charge in [0.15, 0.2) is 11.5 Å². The smallest absolute Gasteiger partial charge is 0.230 e. The van der Waals surface area contributed by atoms with Gasteiger partial charge in [0.2, 0.25) is 5.91 Å². The van der Waals surface area contributed by atoms with Crippen LogP contribution in [-0.4, -0.2) is 39.4 Å². The van der Waals surface area contributed by atoms with E-state index in [2.05, 4.69) is 5.32 Å². The molecule has 5 nitrogen and oxygen atoms in total. The molecular formula is C17H23NO4. The van der Waals surface area contributed by atoms with Gasteiger partial charge >= 0.3 is 0 Å². The number of rotatable bonds is 5. The van der Waals surface area contributed by atoms with Gasteiger partial charge in [-0.05, 0) is 30.5 Å². The highest BCUT2D eigenvalue weighted by atomic mass is 16.6. The Labute approximate surface area is 130 Å².